The topological polar surface area (TPSA) is 55.4 Å². The van der Waals surface area contributed by atoms with Gasteiger partial charge in [0.05, 0.1) is 0 Å². The maximum Gasteiger partial charge on any atom is 0.119 e. The number of benzene rings is 6. The van der Waals surface area contributed by atoms with E-state index in [4.69, 9.17) is 28.4 Å². The van der Waals surface area contributed by atoms with Crippen LogP contribution < -0.4 is 28.4 Å². The maximum atomic E-state index is 6.22. The van der Waals surface area contributed by atoms with Crippen LogP contribution in [0.2, 0.25) is 0 Å². The second-order valence-electron chi connectivity index (χ2n) is 25.1. The van der Waals surface area contributed by atoms with Crippen molar-refractivity contribution in [3.8, 4) is 34.5 Å². The van der Waals surface area contributed by atoms with Gasteiger partial charge >= 0.3 is 0 Å². The Morgan fingerprint density at radius 2 is 0.362 bits per heavy atom. The zero-order valence-corrected chi connectivity index (χ0v) is 46.7. The molecule has 8 fully saturated rings. The third-order valence-corrected chi connectivity index (χ3v) is 20.3. The van der Waals surface area contributed by atoms with Crippen molar-refractivity contribution in [1.29, 1.82) is 0 Å². The van der Waals surface area contributed by atoms with Gasteiger partial charge in [-0.25, -0.2) is 0 Å². The summed E-state index contributed by atoms with van der Waals surface area (Å²) in [5.41, 5.74) is 7.25. The molecule has 14 rings (SSSR count). The Hall–Kier alpha value is -7.44. The summed E-state index contributed by atoms with van der Waals surface area (Å²) < 4.78 is 37.3. The van der Waals surface area contributed by atoms with Crippen LogP contribution in [-0.2, 0) is 32.5 Å². The van der Waals surface area contributed by atoms with Crippen molar-refractivity contribution in [2.24, 2.45) is 10.8 Å². The van der Waals surface area contributed by atoms with Gasteiger partial charge in [0.2, 0.25) is 0 Å². The molecule has 0 radical (unpaired) electrons. The van der Waals surface area contributed by atoms with E-state index < -0.39 is 0 Å². The van der Waals surface area contributed by atoms with Crippen LogP contribution in [0.25, 0.3) is 0 Å². The smallest absolute Gasteiger partial charge is 0.119 e. The zero-order valence-electron chi connectivity index (χ0n) is 46.7. The molecular formula is C74H78O6. The standard InChI is InChI=1S/C74H78O6/c1-7-37-75-61-25-13-55(14-26-61)67-43-68(56-15-27-62(28-16-56)76-38-8-2)45-69(44-67,57-17-29-63(30-18-57)77-39-9-3)51-73(49-67,50-68)74-52-70(58-19-31-64(32-20-58)78-40-10-4)46-71(53-74,59-21-33-65(34-22-59)79-41-11-5)48-72(47-70,54-74)60-23-35-66(36-24-60)80-42-12-6/h7-36H,1-6,37-54H2. The van der Waals surface area contributed by atoms with Gasteiger partial charge in [-0.2, -0.15) is 0 Å². The highest BCUT2D eigenvalue weighted by atomic mass is 16.5. The Morgan fingerprint density at radius 3 is 0.487 bits per heavy atom. The molecule has 6 aromatic rings. The van der Waals surface area contributed by atoms with Gasteiger partial charge in [-0.1, -0.05) is 149 Å². The first kappa shape index (κ1) is 53.2. The molecule has 0 aromatic heterocycles. The monoisotopic (exact) mass is 1060 g/mol. The van der Waals surface area contributed by atoms with Crippen LogP contribution in [0.15, 0.2) is 222 Å². The molecule has 0 unspecified atom stereocenters. The summed E-state index contributed by atoms with van der Waals surface area (Å²) >= 11 is 0. The molecule has 0 amide bonds. The predicted octanol–water partition coefficient (Wildman–Crippen LogP) is 16.7. The van der Waals surface area contributed by atoms with E-state index in [9.17, 15) is 0 Å². The summed E-state index contributed by atoms with van der Waals surface area (Å²) in [4.78, 5) is 0. The van der Waals surface area contributed by atoms with Crippen molar-refractivity contribution >= 4 is 0 Å². The highest BCUT2D eigenvalue weighted by Gasteiger charge is 2.79. The number of hydrogen-bond donors (Lipinski definition) is 0. The molecule has 0 N–H and O–H groups in total. The summed E-state index contributed by atoms with van der Waals surface area (Å²) in [6.45, 7) is 26.5. The Labute approximate surface area is 475 Å². The molecule has 6 aromatic carbocycles. The molecule has 80 heavy (non-hydrogen) atoms. The number of hydrogen-bond acceptors (Lipinski definition) is 6. The number of ether oxygens (including phenoxy) is 6. The lowest BCUT2D eigenvalue weighted by molar-refractivity contribution is -0.237. The SMILES string of the molecule is C=CCOc1ccc(C23CC4(c5ccc(OCC=C)cc5)CC(c5ccc(OCC=C)cc5)(C2)CC(C25CC6(c7ccc(OCC=C)cc7)CC(c7ccc(OCC=C)cc7)(CC(c7ccc(OCC=C)cc7)(C6)C2)C5)(C3)C4)cc1. The number of rotatable bonds is 25. The quantitative estimate of drug-likeness (QED) is 0.0533. The molecule has 410 valence electrons. The molecule has 0 heterocycles. The summed E-state index contributed by atoms with van der Waals surface area (Å²) in [7, 11) is 0. The second-order valence-corrected chi connectivity index (χ2v) is 25.1. The van der Waals surface area contributed by atoms with Crippen LogP contribution in [0.5, 0.6) is 34.5 Å². The summed E-state index contributed by atoms with van der Waals surface area (Å²) in [5.74, 6) is 5.24. The Bertz CT molecular complexity index is 2660. The van der Waals surface area contributed by atoms with Crippen molar-refractivity contribution in [3.05, 3.63) is 255 Å². The van der Waals surface area contributed by atoms with Crippen LogP contribution in [0.4, 0.5) is 0 Å². The Morgan fingerprint density at radius 1 is 0.225 bits per heavy atom. The van der Waals surface area contributed by atoms with Gasteiger partial charge in [-0.15, -0.1) is 0 Å². The summed E-state index contributed by atoms with van der Waals surface area (Å²) in [6.07, 6.45) is 24.0. The molecule has 8 saturated carbocycles. The van der Waals surface area contributed by atoms with Gasteiger partial charge < -0.3 is 28.4 Å². The van der Waals surface area contributed by atoms with Crippen molar-refractivity contribution < 1.29 is 28.4 Å². The third-order valence-electron chi connectivity index (χ3n) is 20.3. The van der Waals surface area contributed by atoms with Crippen LogP contribution in [0.3, 0.4) is 0 Å². The lowest BCUT2D eigenvalue weighted by Crippen LogP contribution is -2.75. The molecule has 8 aliphatic carbocycles. The molecule has 6 nitrogen and oxygen atoms in total. The molecule has 0 saturated heterocycles. The lowest BCUT2D eigenvalue weighted by atomic mass is 9.23. The fourth-order valence-electron chi connectivity index (χ4n) is 18.6. The van der Waals surface area contributed by atoms with E-state index in [0.717, 1.165) is 112 Å². The van der Waals surface area contributed by atoms with E-state index in [1.165, 1.54) is 33.4 Å². The van der Waals surface area contributed by atoms with Gasteiger partial charge in [-0.05, 0) is 227 Å². The van der Waals surface area contributed by atoms with Crippen LogP contribution in [0, 0.1) is 10.8 Å². The van der Waals surface area contributed by atoms with E-state index >= 15 is 0 Å². The first-order valence-corrected chi connectivity index (χ1v) is 29.0. The third kappa shape index (κ3) is 9.11. The maximum absolute atomic E-state index is 6.22. The molecule has 8 bridgehead atoms. The average molecular weight is 1060 g/mol. The van der Waals surface area contributed by atoms with Gasteiger partial charge in [0.25, 0.3) is 0 Å². The molecule has 0 aliphatic heterocycles. The fourth-order valence-corrected chi connectivity index (χ4v) is 18.6. The molecule has 8 aliphatic rings. The fraction of sp³-hybridized carbons (Fsp3) is 0.351. The lowest BCUT2D eigenvalue weighted by Gasteiger charge is -2.81. The van der Waals surface area contributed by atoms with Crippen LogP contribution in [0.1, 0.15) is 110 Å². The highest BCUT2D eigenvalue weighted by Crippen LogP contribution is 2.86. The average Bonchev–Trinajstić information content (AvgIpc) is 2.90. The molecule has 0 spiro atoms. The van der Waals surface area contributed by atoms with Gasteiger partial charge in [0, 0.05) is 0 Å². The highest BCUT2D eigenvalue weighted by molar-refractivity contribution is 5.53. The first-order valence-electron chi connectivity index (χ1n) is 29.0. The first-order chi connectivity index (χ1) is 39.0. The van der Waals surface area contributed by atoms with E-state index in [-0.39, 0.29) is 43.3 Å². The summed E-state index contributed by atoms with van der Waals surface area (Å²) in [6, 6.07) is 55.7. The van der Waals surface area contributed by atoms with Crippen molar-refractivity contribution in [1.82, 2.24) is 0 Å². The molecule has 0 atom stereocenters. The van der Waals surface area contributed by atoms with Crippen LogP contribution >= 0.6 is 0 Å². The largest absolute Gasteiger partial charge is 0.490 e. The van der Waals surface area contributed by atoms with Crippen molar-refractivity contribution in [2.45, 2.75) is 110 Å². The normalized spacial score (nSPS) is 30.1. The van der Waals surface area contributed by atoms with Gasteiger partial charge in [0.1, 0.15) is 74.1 Å². The zero-order chi connectivity index (χ0) is 55.1. The van der Waals surface area contributed by atoms with E-state index in [0.29, 0.717) is 39.6 Å². The van der Waals surface area contributed by atoms with Gasteiger partial charge in [-0.3, -0.25) is 0 Å². The predicted molar refractivity (Wildman–Crippen MR) is 323 cm³/mol. The van der Waals surface area contributed by atoms with Crippen LogP contribution in [-0.4, -0.2) is 39.6 Å². The van der Waals surface area contributed by atoms with E-state index in [1.807, 2.05) is 36.5 Å². The molecular weight excluding hydrogens is 985 g/mol. The summed E-state index contributed by atoms with van der Waals surface area (Å²) in [5, 5.41) is 0. The van der Waals surface area contributed by atoms with Crippen molar-refractivity contribution in [3.63, 3.8) is 0 Å². The van der Waals surface area contributed by atoms with Crippen molar-refractivity contribution in [2.75, 3.05) is 39.6 Å². The Kier molecular flexibility index (Phi) is 13.9. The van der Waals surface area contributed by atoms with Gasteiger partial charge in [0.15, 0.2) is 0 Å². The van der Waals surface area contributed by atoms with E-state index in [2.05, 4.69) is 185 Å². The van der Waals surface area contributed by atoms with E-state index in [1.54, 1.807) is 0 Å². The minimum atomic E-state index is -0.170. The molecule has 6 heteroatoms. The second kappa shape index (κ2) is 20.9. The minimum absolute atomic E-state index is 0.119. The Balaban J connectivity index is 1.12. The minimum Gasteiger partial charge on any atom is -0.490 e.